The first-order valence-corrected chi connectivity index (χ1v) is 11.1. The predicted molar refractivity (Wildman–Crippen MR) is 112 cm³/mol. The van der Waals surface area contributed by atoms with Crippen molar-refractivity contribution in [2.45, 2.75) is 38.3 Å². The molecule has 2 aliphatic heterocycles. The Kier molecular flexibility index (Phi) is 6.58. The molecular formula is C22H28ClN3O4. The molecule has 162 valence electrons. The van der Waals surface area contributed by atoms with Crippen LogP contribution in [0.4, 0.5) is 0 Å². The van der Waals surface area contributed by atoms with E-state index in [4.69, 9.17) is 16.3 Å². The summed E-state index contributed by atoms with van der Waals surface area (Å²) in [6, 6.07) is 7.37. The molecule has 0 radical (unpaired) electrons. The first-order valence-electron chi connectivity index (χ1n) is 10.7. The Hall–Kier alpha value is -2.12. The van der Waals surface area contributed by atoms with Gasteiger partial charge in [-0.2, -0.15) is 0 Å². The maximum atomic E-state index is 12.9. The van der Waals surface area contributed by atoms with E-state index in [-0.39, 0.29) is 48.1 Å². The molecule has 2 N–H and O–H groups in total. The van der Waals surface area contributed by atoms with Crippen molar-refractivity contribution in [3.05, 3.63) is 34.9 Å². The summed E-state index contributed by atoms with van der Waals surface area (Å²) in [7, 11) is 0. The zero-order valence-electron chi connectivity index (χ0n) is 16.9. The van der Waals surface area contributed by atoms with Crippen LogP contribution in [0.1, 0.15) is 31.2 Å². The first kappa shape index (κ1) is 21.1. The molecule has 4 rings (SSSR count). The monoisotopic (exact) mass is 433 g/mol. The van der Waals surface area contributed by atoms with Gasteiger partial charge >= 0.3 is 0 Å². The van der Waals surface area contributed by atoms with Gasteiger partial charge in [-0.25, -0.2) is 0 Å². The second kappa shape index (κ2) is 9.35. The lowest BCUT2D eigenvalue weighted by atomic mass is 9.97. The van der Waals surface area contributed by atoms with Gasteiger partial charge in [0, 0.05) is 49.2 Å². The lowest BCUT2D eigenvalue weighted by Crippen LogP contribution is -2.43. The van der Waals surface area contributed by atoms with Gasteiger partial charge in [0.1, 0.15) is 0 Å². The molecule has 1 aliphatic carbocycles. The van der Waals surface area contributed by atoms with E-state index in [2.05, 4.69) is 10.6 Å². The highest BCUT2D eigenvalue weighted by atomic mass is 35.5. The van der Waals surface area contributed by atoms with Crippen molar-refractivity contribution in [3.63, 3.8) is 0 Å². The van der Waals surface area contributed by atoms with Crippen LogP contribution in [0.3, 0.4) is 0 Å². The Morgan fingerprint density at radius 1 is 1.17 bits per heavy atom. The Morgan fingerprint density at radius 2 is 1.93 bits per heavy atom. The van der Waals surface area contributed by atoms with Gasteiger partial charge in [0.25, 0.3) is 0 Å². The quantitative estimate of drug-likeness (QED) is 0.757. The number of fused-ring (bicyclic) bond motifs is 1. The molecule has 0 bridgehead atoms. The third-order valence-corrected chi connectivity index (χ3v) is 6.86. The van der Waals surface area contributed by atoms with E-state index in [1.165, 1.54) is 0 Å². The summed E-state index contributed by atoms with van der Waals surface area (Å²) in [4.78, 5) is 39.8. The van der Waals surface area contributed by atoms with Gasteiger partial charge in [0.15, 0.2) is 0 Å². The molecule has 3 atom stereocenters. The second-order valence-corrected chi connectivity index (χ2v) is 8.92. The van der Waals surface area contributed by atoms with Crippen molar-refractivity contribution in [1.29, 1.82) is 0 Å². The van der Waals surface area contributed by atoms with E-state index in [9.17, 15) is 14.4 Å². The third kappa shape index (κ3) is 4.78. The number of nitrogens with one attached hydrogen (secondary N) is 2. The van der Waals surface area contributed by atoms with E-state index in [1.807, 2.05) is 18.2 Å². The number of nitrogens with zero attached hydrogens (tertiary/aromatic N) is 1. The number of benzene rings is 1. The molecule has 3 amide bonds. The highest BCUT2D eigenvalue weighted by Gasteiger charge is 2.42. The number of rotatable bonds is 4. The van der Waals surface area contributed by atoms with Crippen LogP contribution in [0.5, 0.6) is 0 Å². The van der Waals surface area contributed by atoms with Crippen molar-refractivity contribution in [1.82, 2.24) is 15.5 Å². The van der Waals surface area contributed by atoms with Gasteiger partial charge in [-0.15, -0.1) is 0 Å². The van der Waals surface area contributed by atoms with Crippen LogP contribution in [-0.4, -0.2) is 55.0 Å². The van der Waals surface area contributed by atoms with Crippen LogP contribution in [-0.2, 0) is 25.7 Å². The fraction of sp³-hybridized carbons (Fsp3) is 0.591. The summed E-state index contributed by atoms with van der Waals surface area (Å²) in [5.74, 6) is -0.281. The Balaban J connectivity index is 1.36. The maximum Gasteiger partial charge on any atom is 0.239 e. The normalized spacial score (nSPS) is 27.2. The molecule has 3 fully saturated rings. The van der Waals surface area contributed by atoms with Crippen molar-refractivity contribution < 1.29 is 19.1 Å². The van der Waals surface area contributed by atoms with Crippen molar-refractivity contribution in [2.24, 2.45) is 17.8 Å². The SMILES string of the molecule is O=C1CN(C(=O)C2CCOCC2)C[C@H]2C[C@H](C(=O)NCc3ccccc3Cl)C[C@H]2N1. The smallest absolute Gasteiger partial charge is 0.239 e. The predicted octanol–water partition coefficient (Wildman–Crippen LogP) is 1.74. The standard InChI is InChI=1S/C22H28ClN3O4/c23-18-4-2-1-3-15(18)11-24-21(28)16-9-17-12-26(13-20(27)25-19(17)10-16)22(29)14-5-7-30-8-6-14/h1-4,14,16-17,19H,5-13H2,(H,24,28)(H,25,27)/t16-,17+,19+/m0/s1. The summed E-state index contributed by atoms with van der Waals surface area (Å²) >= 11 is 6.17. The highest BCUT2D eigenvalue weighted by molar-refractivity contribution is 6.31. The van der Waals surface area contributed by atoms with Crippen LogP contribution < -0.4 is 10.6 Å². The zero-order chi connectivity index (χ0) is 21.1. The van der Waals surface area contributed by atoms with Crippen LogP contribution in [0, 0.1) is 17.8 Å². The third-order valence-electron chi connectivity index (χ3n) is 6.49. The van der Waals surface area contributed by atoms with Crippen LogP contribution >= 0.6 is 11.6 Å². The summed E-state index contributed by atoms with van der Waals surface area (Å²) in [5.41, 5.74) is 0.876. The van der Waals surface area contributed by atoms with Gasteiger partial charge in [0.2, 0.25) is 17.7 Å². The van der Waals surface area contributed by atoms with E-state index in [0.29, 0.717) is 57.0 Å². The topological polar surface area (TPSA) is 87.7 Å². The summed E-state index contributed by atoms with van der Waals surface area (Å²) in [6.45, 7) is 2.19. The molecular weight excluding hydrogens is 406 g/mol. The van der Waals surface area contributed by atoms with Gasteiger partial charge < -0.3 is 20.3 Å². The number of amides is 3. The van der Waals surface area contributed by atoms with Crippen LogP contribution in [0.25, 0.3) is 0 Å². The Morgan fingerprint density at radius 3 is 2.70 bits per heavy atom. The zero-order valence-corrected chi connectivity index (χ0v) is 17.7. The minimum atomic E-state index is -0.180. The first-order chi connectivity index (χ1) is 14.5. The van der Waals surface area contributed by atoms with Crippen molar-refractivity contribution in [3.8, 4) is 0 Å². The van der Waals surface area contributed by atoms with Gasteiger partial charge in [-0.1, -0.05) is 29.8 Å². The number of ether oxygens (including phenoxy) is 1. The molecule has 30 heavy (non-hydrogen) atoms. The summed E-state index contributed by atoms with van der Waals surface area (Å²) in [6.07, 6.45) is 2.68. The van der Waals surface area contributed by atoms with E-state index >= 15 is 0 Å². The molecule has 1 aromatic carbocycles. The van der Waals surface area contributed by atoms with Crippen molar-refractivity contribution in [2.75, 3.05) is 26.3 Å². The minimum Gasteiger partial charge on any atom is -0.381 e. The molecule has 8 heteroatoms. The summed E-state index contributed by atoms with van der Waals surface area (Å²) in [5, 5.41) is 6.64. The molecule has 1 saturated carbocycles. The molecule has 3 aliphatic rings. The molecule has 2 heterocycles. The van der Waals surface area contributed by atoms with E-state index < -0.39 is 0 Å². The lowest BCUT2D eigenvalue weighted by Gasteiger charge is -2.29. The van der Waals surface area contributed by atoms with Gasteiger partial charge in [0.05, 0.1) is 6.54 Å². The van der Waals surface area contributed by atoms with Crippen molar-refractivity contribution >= 4 is 29.3 Å². The highest BCUT2D eigenvalue weighted by Crippen LogP contribution is 2.34. The maximum absolute atomic E-state index is 12.9. The fourth-order valence-electron chi connectivity index (χ4n) is 4.83. The summed E-state index contributed by atoms with van der Waals surface area (Å²) < 4.78 is 5.35. The lowest BCUT2D eigenvalue weighted by molar-refractivity contribution is -0.141. The number of carbonyl (C=O) groups is 3. The average Bonchev–Trinajstić information content (AvgIpc) is 3.07. The fourth-order valence-corrected chi connectivity index (χ4v) is 5.03. The molecule has 0 spiro atoms. The number of hydrogen-bond acceptors (Lipinski definition) is 4. The largest absolute Gasteiger partial charge is 0.381 e. The minimum absolute atomic E-state index is 0.0282. The Labute approximate surface area is 181 Å². The van der Waals surface area contributed by atoms with E-state index in [0.717, 1.165) is 5.56 Å². The molecule has 0 unspecified atom stereocenters. The molecule has 1 aromatic rings. The van der Waals surface area contributed by atoms with Crippen LogP contribution in [0.2, 0.25) is 5.02 Å². The molecule has 0 aromatic heterocycles. The van der Waals surface area contributed by atoms with Crippen LogP contribution in [0.15, 0.2) is 24.3 Å². The Bertz CT molecular complexity index is 811. The second-order valence-electron chi connectivity index (χ2n) is 8.52. The molecule has 2 saturated heterocycles. The average molecular weight is 434 g/mol. The van der Waals surface area contributed by atoms with E-state index in [1.54, 1.807) is 11.0 Å². The number of hydrogen-bond donors (Lipinski definition) is 2. The van der Waals surface area contributed by atoms with Gasteiger partial charge in [-0.05, 0) is 43.2 Å². The number of halogens is 1. The molecule has 7 nitrogen and oxygen atoms in total. The number of carbonyl (C=O) groups excluding carboxylic acids is 3. The van der Waals surface area contributed by atoms with Gasteiger partial charge in [-0.3, -0.25) is 14.4 Å².